The Kier molecular flexibility index (Phi) is 5.35. The van der Waals surface area contributed by atoms with Crippen molar-refractivity contribution in [1.29, 1.82) is 0 Å². The monoisotopic (exact) mass is 348 g/mol. The van der Waals surface area contributed by atoms with Gasteiger partial charge in [-0.25, -0.2) is 14.6 Å². The van der Waals surface area contributed by atoms with Crippen LogP contribution in [0.5, 0.6) is 5.75 Å². The van der Waals surface area contributed by atoms with E-state index in [-0.39, 0.29) is 5.97 Å². The van der Waals surface area contributed by atoms with Crippen molar-refractivity contribution in [3.8, 4) is 5.75 Å². The Hall–Kier alpha value is -1.59. The highest BCUT2D eigenvalue weighted by Gasteiger charge is 2.58. The Bertz CT molecular complexity index is 593. The minimum absolute atomic E-state index is 0.335. The van der Waals surface area contributed by atoms with E-state index in [1.807, 2.05) is 31.2 Å². The van der Waals surface area contributed by atoms with Gasteiger partial charge in [-0.1, -0.05) is 31.9 Å². The molecule has 1 aliphatic carbocycles. The van der Waals surface area contributed by atoms with E-state index in [1.54, 1.807) is 14.0 Å². The number of methoxy groups -OCH3 is 1. The number of hydrogen-bond donors (Lipinski definition) is 0. The van der Waals surface area contributed by atoms with E-state index in [1.165, 1.54) is 12.8 Å². The summed E-state index contributed by atoms with van der Waals surface area (Å²) in [5.41, 5.74) is -0.646. The van der Waals surface area contributed by atoms with Crippen molar-refractivity contribution < 1.29 is 24.0 Å². The maximum absolute atomic E-state index is 12.5. The molecule has 25 heavy (non-hydrogen) atoms. The lowest BCUT2D eigenvalue weighted by Gasteiger charge is -2.33. The predicted molar refractivity (Wildman–Crippen MR) is 93.1 cm³/mol. The van der Waals surface area contributed by atoms with Crippen LogP contribution in [0.1, 0.15) is 57.9 Å². The molecule has 1 aromatic carbocycles. The van der Waals surface area contributed by atoms with Gasteiger partial charge in [0.1, 0.15) is 11.4 Å². The van der Waals surface area contributed by atoms with E-state index in [2.05, 4.69) is 0 Å². The average molecular weight is 348 g/mol. The number of benzene rings is 1. The quantitative estimate of drug-likeness (QED) is 0.571. The van der Waals surface area contributed by atoms with Crippen LogP contribution in [0.3, 0.4) is 0 Å². The molecular formula is C20H28O5. The topological polar surface area (TPSA) is 54.0 Å². The summed E-state index contributed by atoms with van der Waals surface area (Å²) in [5, 5.41) is 0. The molecule has 2 atom stereocenters. The third kappa shape index (κ3) is 3.40. The van der Waals surface area contributed by atoms with Crippen LogP contribution in [0.2, 0.25) is 0 Å². The lowest BCUT2D eigenvalue weighted by atomic mass is 9.74. The summed E-state index contributed by atoms with van der Waals surface area (Å²) in [6.45, 7) is 4.14. The van der Waals surface area contributed by atoms with E-state index < -0.39 is 11.2 Å². The summed E-state index contributed by atoms with van der Waals surface area (Å²) in [4.78, 5) is 24.1. The normalized spacial score (nSPS) is 29.7. The number of carbonyl (C=O) groups is 1. The Balaban J connectivity index is 1.89. The lowest BCUT2D eigenvalue weighted by molar-refractivity contribution is -0.356. The molecule has 3 rings (SSSR count). The summed E-state index contributed by atoms with van der Waals surface area (Å²) in [7, 11) is 1.65. The molecule has 2 unspecified atom stereocenters. The zero-order valence-electron chi connectivity index (χ0n) is 15.4. The van der Waals surface area contributed by atoms with E-state index in [4.69, 9.17) is 19.2 Å². The number of esters is 1. The third-order valence-electron chi connectivity index (χ3n) is 5.44. The molecule has 1 aromatic rings. The molecular weight excluding hydrogens is 320 g/mol. The summed E-state index contributed by atoms with van der Waals surface area (Å²) in [5.74, 6) is 0.791. The zero-order valence-corrected chi connectivity index (χ0v) is 15.4. The van der Waals surface area contributed by atoms with Gasteiger partial charge in [0.2, 0.25) is 5.60 Å². The zero-order chi connectivity index (χ0) is 17.9. The van der Waals surface area contributed by atoms with Crippen LogP contribution in [0.25, 0.3) is 0 Å². The SMILES string of the molecule is CCCOC(=O)C1(C)CC(c2ccc(OC)cc2)(C2CCCC2)OO1. The molecule has 1 saturated carbocycles. The number of carbonyl (C=O) groups excluding carboxylic acids is 1. The number of rotatable bonds is 6. The van der Waals surface area contributed by atoms with E-state index in [9.17, 15) is 4.79 Å². The first-order valence-electron chi connectivity index (χ1n) is 9.22. The highest BCUT2D eigenvalue weighted by atomic mass is 17.2. The largest absolute Gasteiger partial charge is 0.497 e. The molecule has 2 aliphatic rings. The van der Waals surface area contributed by atoms with Crippen LogP contribution in [-0.4, -0.2) is 25.3 Å². The van der Waals surface area contributed by atoms with E-state index in [0.29, 0.717) is 18.9 Å². The summed E-state index contributed by atoms with van der Waals surface area (Å²) in [6.07, 6.45) is 5.78. The second-order valence-electron chi connectivity index (χ2n) is 7.31. The highest BCUT2D eigenvalue weighted by Crippen LogP contribution is 2.53. The average Bonchev–Trinajstić information content (AvgIpc) is 3.29. The van der Waals surface area contributed by atoms with Gasteiger partial charge in [0.15, 0.2) is 0 Å². The molecule has 0 radical (unpaired) electrons. The van der Waals surface area contributed by atoms with Crippen LogP contribution in [-0.2, 0) is 24.9 Å². The summed E-state index contributed by atoms with van der Waals surface area (Å²) < 4.78 is 10.6. The fourth-order valence-corrected chi connectivity index (χ4v) is 4.04. The van der Waals surface area contributed by atoms with Gasteiger partial charge in [-0.05, 0) is 49.8 Å². The fraction of sp³-hybridized carbons (Fsp3) is 0.650. The molecule has 2 fully saturated rings. The maximum atomic E-state index is 12.5. The standard InChI is InChI=1S/C20H28O5/c1-4-13-23-18(21)19(2)14-20(25-24-19,15-7-5-6-8-15)16-9-11-17(22-3)12-10-16/h9-12,15H,4-8,13-14H2,1-3H3. The number of ether oxygens (including phenoxy) is 2. The first kappa shape index (κ1) is 18.2. The van der Waals surface area contributed by atoms with Gasteiger partial charge in [-0.2, -0.15) is 0 Å². The van der Waals surface area contributed by atoms with Gasteiger partial charge in [0.05, 0.1) is 13.7 Å². The molecule has 0 amide bonds. The molecule has 5 heteroatoms. The molecule has 0 bridgehead atoms. The number of hydrogen-bond acceptors (Lipinski definition) is 5. The maximum Gasteiger partial charge on any atom is 0.341 e. The second kappa shape index (κ2) is 7.34. The van der Waals surface area contributed by atoms with Crippen LogP contribution in [0.15, 0.2) is 24.3 Å². The Labute approximate surface area is 149 Å². The first-order chi connectivity index (χ1) is 12.0. The van der Waals surface area contributed by atoms with Gasteiger partial charge >= 0.3 is 5.97 Å². The van der Waals surface area contributed by atoms with Crippen molar-refractivity contribution in [1.82, 2.24) is 0 Å². The van der Waals surface area contributed by atoms with Crippen molar-refractivity contribution in [3.63, 3.8) is 0 Å². The van der Waals surface area contributed by atoms with Crippen molar-refractivity contribution in [3.05, 3.63) is 29.8 Å². The van der Waals surface area contributed by atoms with Crippen LogP contribution >= 0.6 is 0 Å². The fourth-order valence-electron chi connectivity index (χ4n) is 4.04. The van der Waals surface area contributed by atoms with Crippen molar-refractivity contribution in [2.75, 3.05) is 13.7 Å². The summed E-state index contributed by atoms with van der Waals surface area (Å²) in [6, 6.07) is 7.90. The van der Waals surface area contributed by atoms with Crippen molar-refractivity contribution in [2.24, 2.45) is 5.92 Å². The minimum atomic E-state index is -1.07. The van der Waals surface area contributed by atoms with Crippen molar-refractivity contribution in [2.45, 2.75) is 63.6 Å². The van der Waals surface area contributed by atoms with Gasteiger partial charge < -0.3 is 9.47 Å². The van der Waals surface area contributed by atoms with Crippen LogP contribution in [0, 0.1) is 5.92 Å². The molecule has 1 saturated heterocycles. The van der Waals surface area contributed by atoms with Gasteiger partial charge in [-0.15, -0.1) is 0 Å². The Morgan fingerprint density at radius 1 is 1.20 bits per heavy atom. The second-order valence-corrected chi connectivity index (χ2v) is 7.31. The van der Waals surface area contributed by atoms with Crippen LogP contribution in [0.4, 0.5) is 0 Å². The van der Waals surface area contributed by atoms with Gasteiger partial charge in [0, 0.05) is 6.42 Å². The smallest absolute Gasteiger partial charge is 0.341 e. The first-order valence-corrected chi connectivity index (χ1v) is 9.22. The Morgan fingerprint density at radius 2 is 1.88 bits per heavy atom. The van der Waals surface area contributed by atoms with E-state index >= 15 is 0 Å². The molecule has 0 aromatic heterocycles. The minimum Gasteiger partial charge on any atom is -0.497 e. The molecule has 0 N–H and O–H groups in total. The lowest BCUT2D eigenvalue weighted by Crippen LogP contribution is -2.40. The molecule has 0 spiro atoms. The summed E-state index contributed by atoms with van der Waals surface area (Å²) >= 11 is 0. The predicted octanol–water partition coefficient (Wildman–Crippen LogP) is 4.14. The van der Waals surface area contributed by atoms with E-state index in [0.717, 1.165) is 30.6 Å². The van der Waals surface area contributed by atoms with Crippen molar-refractivity contribution >= 4 is 5.97 Å². The molecule has 1 heterocycles. The van der Waals surface area contributed by atoms with Crippen LogP contribution < -0.4 is 4.74 Å². The molecule has 138 valence electrons. The molecule has 5 nitrogen and oxygen atoms in total. The molecule has 1 aliphatic heterocycles. The highest BCUT2D eigenvalue weighted by molar-refractivity contribution is 5.79. The Morgan fingerprint density at radius 3 is 2.48 bits per heavy atom. The third-order valence-corrected chi connectivity index (χ3v) is 5.44. The van der Waals surface area contributed by atoms with Gasteiger partial charge in [-0.3, -0.25) is 0 Å². The van der Waals surface area contributed by atoms with Gasteiger partial charge in [0.25, 0.3) is 0 Å².